The van der Waals surface area contributed by atoms with Gasteiger partial charge in [-0.15, -0.1) is 4.72 Å². The van der Waals surface area contributed by atoms with Gasteiger partial charge < -0.3 is 18.9 Å². The fourth-order valence-electron chi connectivity index (χ4n) is 4.60. The van der Waals surface area contributed by atoms with Gasteiger partial charge >= 0.3 is 6.09 Å². The molecule has 0 aliphatic carbocycles. The van der Waals surface area contributed by atoms with Crippen LogP contribution < -0.4 is 4.72 Å². The second-order valence-electron chi connectivity index (χ2n) is 9.69. The molecule has 0 aromatic rings. The van der Waals surface area contributed by atoms with Crippen LogP contribution >= 0.6 is 0 Å². The van der Waals surface area contributed by atoms with Crippen molar-refractivity contribution in [2.45, 2.75) is 82.8 Å². The maximum Gasteiger partial charge on any atom is 0.410 e. The molecule has 1 N–H and O–H groups in total. The van der Waals surface area contributed by atoms with Crippen LogP contribution in [0.15, 0.2) is 0 Å². The smallest absolute Gasteiger partial charge is 0.410 e. The molecule has 0 bridgehead atoms. The van der Waals surface area contributed by atoms with Gasteiger partial charge in [-0.25, -0.2) is 4.79 Å². The summed E-state index contributed by atoms with van der Waals surface area (Å²) in [5.41, 5.74) is -0.834. The number of rotatable bonds is 0. The minimum absolute atomic E-state index is 0.0561. The molecule has 0 aromatic heterocycles. The van der Waals surface area contributed by atoms with Gasteiger partial charge in [0, 0.05) is 36.3 Å². The number of amides is 1. The summed E-state index contributed by atoms with van der Waals surface area (Å²) >= 11 is -1.08. The molecule has 3 rings (SSSR count). The number of hydrogen-bond acceptors (Lipinski definition) is 5. The Morgan fingerprint density at radius 3 is 2.44 bits per heavy atom. The van der Waals surface area contributed by atoms with Crippen molar-refractivity contribution in [3.05, 3.63) is 0 Å². The van der Waals surface area contributed by atoms with Crippen molar-refractivity contribution in [1.82, 2.24) is 9.62 Å². The minimum Gasteiger partial charge on any atom is -0.598 e. The van der Waals surface area contributed by atoms with Gasteiger partial charge in [0.2, 0.25) is 0 Å². The van der Waals surface area contributed by atoms with E-state index in [1.807, 2.05) is 34.6 Å². The SMILES string of the molecule is CC(C)(C)OC(=O)N1CCC2(CC1)CO[C@@]1(C)CC(C)(C)[S+]([O-])N[C@@H]21. The van der Waals surface area contributed by atoms with Gasteiger partial charge in [0.15, 0.2) is 0 Å². The van der Waals surface area contributed by atoms with Crippen LogP contribution in [0.2, 0.25) is 0 Å². The molecule has 6 nitrogen and oxygen atoms in total. The van der Waals surface area contributed by atoms with Crippen molar-refractivity contribution in [1.29, 1.82) is 0 Å². The van der Waals surface area contributed by atoms with E-state index in [-0.39, 0.29) is 27.9 Å². The van der Waals surface area contributed by atoms with E-state index in [1.165, 1.54) is 0 Å². The number of carbonyl (C=O) groups excluding carboxylic acids is 1. The van der Waals surface area contributed by atoms with Crippen LogP contribution in [-0.2, 0) is 20.8 Å². The van der Waals surface area contributed by atoms with E-state index in [4.69, 9.17) is 9.47 Å². The number of ether oxygens (including phenoxy) is 2. The van der Waals surface area contributed by atoms with Crippen molar-refractivity contribution < 1.29 is 18.8 Å². The first kappa shape index (κ1) is 19.3. The average Bonchev–Trinajstić information content (AvgIpc) is 2.71. The largest absolute Gasteiger partial charge is 0.598 e. The van der Waals surface area contributed by atoms with Crippen molar-refractivity contribution >= 4 is 17.5 Å². The van der Waals surface area contributed by atoms with Gasteiger partial charge in [0.25, 0.3) is 0 Å². The lowest BCUT2D eigenvalue weighted by atomic mass is 9.68. The number of likely N-dealkylation sites (tertiary alicyclic amines) is 1. The Labute approximate surface area is 154 Å². The van der Waals surface area contributed by atoms with Gasteiger partial charge in [-0.05, 0) is 54.4 Å². The van der Waals surface area contributed by atoms with Crippen LogP contribution in [0, 0.1) is 5.41 Å². The van der Waals surface area contributed by atoms with Crippen LogP contribution in [0.4, 0.5) is 4.79 Å². The molecule has 7 heteroatoms. The number of fused-ring (bicyclic) bond motifs is 2. The third-order valence-corrected chi connectivity index (χ3v) is 7.42. The van der Waals surface area contributed by atoms with E-state index in [9.17, 15) is 9.35 Å². The highest BCUT2D eigenvalue weighted by Gasteiger charge is 2.64. The maximum atomic E-state index is 12.6. The monoisotopic (exact) mass is 372 g/mol. The summed E-state index contributed by atoms with van der Waals surface area (Å²) in [4.78, 5) is 14.1. The molecule has 1 unspecified atom stereocenters. The molecule has 3 fully saturated rings. The molecule has 1 spiro atoms. The summed E-state index contributed by atoms with van der Waals surface area (Å²) in [5.74, 6) is 0. The zero-order valence-corrected chi connectivity index (χ0v) is 17.1. The standard InChI is InChI=1S/C18H32N2O4S/c1-15(2,3)24-14(21)20-9-7-18(8-10-20)12-23-17(6)11-16(4,5)25(22)19-13(17)18/h13,19H,7-12H2,1-6H3/t13-,17+,25?/m1/s1. The topological polar surface area (TPSA) is 73.9 Å². The number of nitrogens with one attached hydrogen (secondary N) is 1. The summed E-state index contributed by atoms with van der Waals surface area (Å²) in [6.45, 7) is 13.8. The van der Waals surface area contributed by atoms with Gasteiger partial charge in [-0.2, -0.15) is 0 Å². The highest BCUT2D eigenvalue weighted by molar-refractivity contribution is 7.90. The van der Waals surface area contributed by atoms with E-state index in [1.54, 1.807) is 4.90 Å². The lowest BCUT2D eigenvalue weighted by molar-refractivity contribution is -0.0110. The van der Waals surface area contributed by atoms with Crippen molar-refractivity contribution in [3.63, 3.8) is 0 Å². The van der Waals surface area contributed by atoms with Crippen molar-refractivity contribution in [2.75, 3.05) is 19.7 Å². The number of nitrogens with zero attached hydrogens (tertiary/aromatic N) is 1. The molecule has 3 aliphatic heterocycles. The molecule has 3 saturated heterocycles. The lowest BCUT2D eigenvalue weighted by Crippen LogP contribution is -2.66. The van der Waals surface area contributed by atoms with Gasteiger partial charge in [-0.1, -0.05) is 0 Å². The molecule has 0 radical (unpaired) electrons. The molecule has 0 saturated carbocycles. The Kier molecular flexibility index (Phi) is 4.63. The highest BCUT2D eigenvalue weighted by Crippen LogP contribution is 2.52. The normalized spacial score (nSPS) is 37.0. The third-order valence-electron chi connectivity index (χ3n) is 5.83. The first-order valence-electron chi connectivity index (χ1n) is 9.17. The summed E-state index contributed by atoms with van der Waals surface area (Å²) in [7, 11) is 0. The molecule has 1 amide bonds. The van der Waals surface area contributed by atoms with Crippen LogP contribution in [0.1, 0.15) is 60.8 Å². The third kappa shape index (κ3) is 3.53. The Hall–Kier alpha value is -0.500. The molecule has 0 aromatic carbocycles. The van der Waals surface area contributed by atoms with Gasteiger partial charge in [-0.3, -0.25) is 0 Å². The molecule has 3 aliphatic rings. The number of carbonyl (C=O) groups is 1. The Morgan fingerprint density at radius 1 is 1.28 bits per heavy atom. The fraction of sp³-hybridized carbons (Fsp3) is 0.944. The van der Waals surface area contributed by atoms with Crippen molar-refractivity contribution in [2.24, 2.45) is 5.41 Å². The van der Waals surface area contributed by atoms with Crippen LogP contribution in [0.5, 0.6) is 0 Å². The first-order valence-corrected chi connectivity index (χ1v) is 10.3. The van der Waals surface area contributed by atoms with Gasteiger partial charge in [0.05, 0.1) is 18.2 Å². The Bertz CT molecular complexity index is 540. The predicted octanol–water partition coefficient (Wildman–Crippen LogP) is 2.60. The summed E-state index contributed by atoms with van der Waals surface area (Å²) in [6, 6.07) is 0.0645. The second kappa shape index (κ2) is 6.01. The zero-order chi connectivity index (χ0) is 18.7. The average molecular weight is 373 g/mol. The quantitative estimate of drug-likeness (QED) is 0.662. The lowest BCUT2D eigenvalue weighted by Gasteiger charge is -2.49. The molecule has 144 valence electrons. The van der Waals surface area contributed by atoms with E-state index in [0.29, 0.717) is 19.7 Å². The maximum absolute atomic E-state index is 12.6. The van der Waals surface area contributed by atoms with E-state index >= 15 is 0 Å². The number of piperidine rings is 1. The van der Waals surface area contributed by atoms with E-state index < -0.39 is 17.0 Å². The van der Waals surface area contributed by atoms with E-state index in [2.05, 4.69) is 11.6 Å². The Morgan fingerprint density at radius 2 is 1.88 bits per heavy atom. The second-order valence-corrected chi connectivity index (χ2v) is 11.6. The van der Waals surface area contributed by atoms with Crippen LogP contribution in [0.25, 0.3) is 0 Å². The summed E-state index contributed by atoms with van der Waals surface area (Å²) in [6.07, 6.45) is 2.22. The number of hydrogen-bond donors (Lipinski definition) is 1. The first-order chi connectivity index (χ1) is 11.4. The molecular weight excluding hydrogens is 340 g/mol. The van der Waals surface area contributed by atoms with Crippen LogP contribution in [-0.4, -0.2) is 57.2 Å². The fourth-order valence-corrected chi connectivity index (χ4v) is 6.05. The summed E-state index contributed by atoms with van der Waals surface area (Å²) in [5, 5.41) is 0. The summed E-state index contributed by atoms with van der Waals surface area (Å²) < 4.78 is 27.4. The Balaban J connectivity index is 1.69. The predicted molar refractivity (Wildman–Crippen MR) is 97.6 cm³/mol. The molecule has 25 heavy (non-hydrogen) atoms. The minimum atomic E-state index is -1.08. The molecular formula is C18H32N2O4S. The molecule has 3 heterocycles. The van der Waals surface area contributed by atoms with E-state index in [0.717, 1.165) is 19.3 Å². The van der Waals surface area contributed by atoms with Crippen LogP contribution in [0.3, 0.4) is 0 Å². The highest BCUT2D eigenvalue weighted by atomic mass is 32.2. The van der Waals surface area contributed by atoms with Crippen molar-refractivity contribution in [3.8, 4) is 0 Å². The molecule has 3 atom stereocenters. The zero-order valence-electron chi connectivity index (χ0n) is 16.3. The van der Waals surface area contributed by atoms with Gasteiger partial charge in [0.1, 0.15) is 10.3 Å².